The van der Waals surface area contributed by atoms with Crippen molar-refractivity contribution in [1.29, 1.82) is 0 Å². The summed E-state index contributed by atoms with van der Waals surface area (Å²) < 4.78 is 17.9. The highest BCUT2D eigenvalue weighted by Gasteiger charge is 2.39. The zero-order chi connectivity index (χ0) is 38.5. The van der Waals surface area contributed by atoms with Crippen molar-refractivity contribution in [2.75, 3.05) is 32.0 Å². The molecule has 54 heavy (non-hydrogen) atoms. The molecule has 3 aliphatic carbocycles. The first kappa shape index (κ1) is 35.2. The second-order valence-corrected chi connectivity index (χ2v) is 14.9. The maximum atomic E-state index is 14.9. The molecule has 5 unspecified atom stereocenters. The molecule has 13 nitrogen and oxygen atoms in total. The Hall–Kier alpha value is -5.85. The van der Waals surface area contributed by atoms with Crippen molar-refractivity contribution in [1.82, 2.24) is 0 Å². The minimum Gasteiger partial charge on any atom is -0.507 e. The van der Waals surface area contributed by atoms with Crippen molar-refractivity contribution < 1.29 is 43.9 Å². The number of rotatable bonds is 10. The fraction of sp³-hybridized carbons (Fsp3) is 0.390. The minimum atomic E-state index is -0.970. The summed E-state index contributed by atoms with van der Waals surface area (Å²) in [6, 6.07) is 2.39. The van der Waals surface area contributed by atoms with E-state index in [-0.39, 0.29) is 58.0 Å². The Balaban J connectivity index is 1.60. The fourth-order valence-corrected chi connectivity index (χ4v) is 9.64. The van der Waals surface area contributed by atoms with Gasteiger partial charge in [-0.3, -0.25) is 24.0 Å². The Kier molecular flexibility index (Phi) is 8.23. The van der Waals surface area contributed by atoms with Crippen molar-refractivity contribution in [2.24, 2.45) is 11.8 Å². The Labute approximate surface area is 308 Å². The number of hydrogen-bond donors (Lipinski definition) is 5. The van der Waals surface area contributed by atoms with Crippen LogP contribution in [0.1, 0.15) is 69.4 Å². The van der Waals surface area contributed by atoms with Gasteiger partial charge >= 0.3 is 11.9 Å². The Morgan fingerprint density at radius 3 is 1.81 bits per heavy atom. The molecule has 2 saturated carbocycles. The Morgan fingerprint density at radius 2 is 1.28 bits per heavy atom. The number of allylic oxidation sites excluding steroid dienone is 1. The summed E-state index contributed by atoms with van der Waals surface area (Å²) in [7, 11) is 4.28. The zero-order valence-electron chi connectivity index (χ0n) is 30.5. The molecule has 8 rings (SSSR count). The van der Waals surface area contributed by atoms with Gasteiger partial charge in [0.2, 0.25) is 10.9 Å². The van der Waals surface area contributed by atoms with Crippen molar-refractivity contribution >= 4 is 78.3 Å². The van der Waals surface area contributed by atoms with Crippen LogP contribution in [-0.4, -0.2) is 66.5 Å². The normalized spacial score (nSPS) is 22.2. The highest BCUT2D eigenvalue weighted by atomic mass is 16.5. The first-order valence-electron chi connectivity index (χ1n) is 18.0. The average molecular weight is 737 g/mol. The molecule has 0 saturated heterocycles. The standard InChI is InChI=1S/C41H40N2O11/c1-15-10-21-27-32-29(37(46)36(21)43-20-9-7-18(12-20)41(50)51)23(45)14-25(53-4)31(32)30-24(52-3)13-22(42-19-8-6-17(11-19)40(48)49)28-34(30)33(27)35(26(15)16(2)44)39(54-5)38(28)47/h10,13-14,17-20,26,42-43,45H,6-9,11-12H2,1-5H3,(H,48,49)(H,50,51). The quantitative estimate of drug-likeness (QED) is 0.0822. The van der Waals surface area contributed by atoms with E-state index in [1.54, 1.807) is 19.1 Å². The number of anilines is 2. The van der Waals surface area contributed by atoms with E-state index in [2.05, 4.69) is 10.6 Å². The summed E-state index contributed by atoms with van der Waals surface area (Å²) in [5.41, 5.74) is 0.803. The number of carboxylic acid groups (broad SMARTS) is 2. The summed E-state index contributed by atoms with van der Waals surface area (Å²) in [5, 5.41) is 40.7. The largest absolute Gasteiger partial charge is 0.507 e. The van der Waals surface area contributed by atoms with Crippen LogP contribution in [0.4, 0.5) is 11.4 Å². The van der Waals surface area contributed by atoms with Crippen LogP contribution in [-0.2, 0) is 14.4 Å². The third-order valence-corrected chi connectivity index (χ3v) is 11.9. The van der Waals surface area contributed by atoms with Crippen LogP contribution in [0.15, 0.2) is 27.3 Å². The van der Waals surface area contributed by atoms with E-state index < -0.39 is 40.5 Å². The molecular weight excluding hydrogens is 696 g/mol. The first-order chi connectivity index (χ1) is 25.8. The average Bonchev–Trinajstić information content (AvgIpc) is 3.78. The van der Waals surface area contributed by atoms with Gasteiger partial charge in [0.05, 0.1) is 61.2 Å². The number of carbonyl (C=O) groups is 3. The predicted molar refractivity (Wildman–Crippen MR) is 205 cm³/mol. The number of ketones is 1. The lowest BCUT2D eigenvalue weighted by molar-refractivity contribution is -0.142. The molecule has 5 aromatic carbocycles. The zero-order valence-corrected chi connectivity index (χ0v) is 30.5. The van der Waals surface area contributed by atoms with Crippen LogP contribution in [0.5, 0.6) is 23.0 Å². The molecule has 0 heterocycles. The summed E-state index contributed by atoms with van der Waals surface area (Å²) in [5.74, 6) is -4.04. The molecule has 280 valence electrons. The van der Waals surface area contributed by atoms with E-state index >= 15 is 0 Å². The maximum absolute atomic E-state index is 14.9. The van der Waals surface area contributed by atoms with Crippen molar-refractivity contribution in [3.8, 4) is 23.0 Å². The number of aromatic hydroxyl groups is 1. The van der Waals surface area contributed by atoms with Gasteiger partial charge in [-0.15, -0.1) is 0 Å². The number of nitrogens with one attached hydrogen (secondary N) is 2. The monoisotopic (exact) mass is 736 g/mol. The van der Waals surface area contributed by atoms with E-state index in [1.807, 2.05) is 0 Å². The van der Waals surface area contributed by atoms with E-state index in [0.29, 0.717) is 92.6 Å². The Morgan fingerprint density at radius 1 is 0.704 bits per heavy atom. The summed E-state index contributed by atoms with van der Waals surface area (Å²) in [4.78, 5) is 67.3. The number of fused-ring (bicyclic) bond motifs is 1. The number of carbonyl (C=O) groups excluding carboxylic acids is 1. The van der Waals surface area contributed by atoms with Crippen molar-refractivity contribution in [3.05, 3.63) is 49.3 Å². The molecule has 2 fully saturated rings. The summed E-state index contributed by atoms with van der Waals surface area (Å²) in [6.07, 6.45) is 4.34. The van der Waals surface area contributed by atoms with Crippen LogP contribution in [0, 0.1) is 11.8 Å². The van der Waals surface area contributed by atoms with E-state index in [9.17, 15) is 39.3 Å². The molecule has 0 radical (unpaired) electrons. The van der Waals surface area contributed by atoms with Gasteiger partial charge in [0.1, 0.15) is 23.0 Å². The van der Waals surface area contributed by atoms with Crippen LogP contribution in [0.25, 0.3) is 49.2 Å². The highest BCUT2D eigenvalue weighted by molar-refractivity contribution is 6.40. The summed E-state index contributed by atoms with van der Waals surface area (Å²) in [6.45, 7) is 3.19. The predicted octanol–water partition coefficient (Wildman–Crippen LogP) is 6.05. The number of aliphatic carboxylic acids is 2. The molecule has 0 bridgehead atoms. The number of methoxy groups -OCH3 is 3. The lowest BCUT2D eigenvalue weighted by Gasteiger charge is -2.26. The second kappa shape index (κ2) is 12.6. The number of carboxylic acids is 2. The number of phenolic OH excluding ortho intramolecular Hbond substituents is 1. The number of benzene rings is 5. The lowest BCUT2D eigenvalue weighted by Crippen LogP contribution is -2.23. The van der Waals surface area contributed by atoms with Crippen molar-refractivity contribution in [3.63, 3.8) is 0 Å². The van der Waals surface area contributed by atoms with Gasteiger partial charge in [0.25, 0.3) is 0 Å². The van der Waals surface area contributed by atoms with E-state index in [4.69, 9.17) is 14.2 Å². The fourth-order valence-electron chi connectivity index (χ4n) is 9.64. The van der Waals surface area contributed by atoms with Crippen LogP contribution >= 0.6 is 0 Å². The summed E-state index contributed by atoms with van der Waals surface area (Å²) >= 11 is 0. The van der Waals surface area contributed by atoms with Gasteiger partial charge in [-0.25, -0.2) is 0 Å². The molecule has 5 atom stereocenters. The molecule has 5 N–H and O–H groups in total. The highest BCUT2D eigenvalue weighted by Crippen LogP contribution is 2.56. The SMILES string of the molecule is COc1c2c3c4c(c(NC5CCC(C(=O)O)C5)c(=O)c5c(O)cc(OC)c(c6c(OC)cc(NC7CCC(C(=O)O)C7)c(c1=O)c63)c54)C=C(C)C2C(C)=O. The van der Waals surface area contributed by atoms with Gasteiger partial charge < -0.3 is 40.2 Å². The third-order valence-electron chi connectivity index (χ3n) is 11.9. The topological polar surface area (TPSA) is 198 Å². The van der Waals surface area contributed by atoms with E-state index in [1.165, 1.54) is 34.3 Å². The lowest BCUT2D eigenvalue weighted by atomic mass is 9.80. The van der Waals surface area contributed by atoms with Crippen LogP contribution < -0.4 is 35.7 Å². The number of ether oxygens (including phenoxy) is 3. The molecule has 0 aromatic heterocycles. The van der Waals surface area contributed by atoms with E-state index in [0.717, 1.165) is 0 Å². The van der Waals surface area contributed by atoms with Crippen molar-refractivity contribution in [2.45, 2.75) is 70.4 Å². The van der Waals surface area contributed by atoms with Gasteiger partial charge in [-0.1, -0.05) is 11.6 Å². The number of hydrogen-bond acceptors (Lipinski definition) is 11. The van der Waals surface area contributed by atoms with Crippen LogP contribution in [0.3, 0.4) is 0 Å². The molecule has 13 heteroatoms. The maximum Gasteiger partial charge on any atom is 0.306 e. The third kappa shape index (κ3) is 4.93. The minimum absolute atomic E-state index is 0.0167. The second-order valence-electron chi connectivity index (χ2n) is 14.9. The number of Topliss-reactive ketones (excluding diaryl/α,β-unsaturated/α-hetero) is 1. The van der Waals surface area contributed by atoms with Crippen LogP contribution in [0.2, 0.25) is 0 Å². The molecule has 3 aliphatic rings. The molecule has 0 aliphatic heterocycles. The first-order valence-corrected chi connectivity index (χ1v) is 18.0. The van der Waals surface area contributed by atoms with Gasteiger partial charge in [0, 0.05) is 62.3 Å². The number of phenols is 1. The molecule has 0 spiro atoms. The van der Waals surface area contributed by atoms with Gasteiger partial charge in [0.15, 0.2) is 5.75 Å². The van der Waals surface area contributed by atoms with Gasteiger partial charge in [-0.05, 0) is 57.8 Å². The molecular formula is C41H40N2O11. The molecule has 5 aromatic rings. The molecule has 0 amide bonds. The Bertz CT molecular complexity index is 2620. The van der Waals surface area contributed by atoms with Gasteiger partial charge in [-0.2, -0.15) is 0 Å². The smallest absolute Gasteiger partial charge is 0.306 e.